The number of pyridine rings is 1. The molecule has 0 aliphatic carbocycles. The number of carboxylic acid groups (broad SMARTS) is 1. The number of anilines is 1. The van der Waals surface area contributed by atoms with E-state index in [1.165, 1.54) is 6.20 Å². The second kappa shape index (κ2) is 5.46. The number of aromatic carboxylic acids is 1. The van der Waals surface area contributed by atoms with E-state index in [0.717, 1.165) is 11.9 Å². The SMILES string of the molecule is CC(CN(C)C)Nc1c(C(=O)O)cnc2c1cnn2C. The molecule has 0 fully saturated rings. The number of rotatable bonds is 5. The highest BCUT2D eigenvalue weighted by atomic mass is 16.4. The lowest BCUT2D eigenvalue weighted by Gasteiger charge is -2.20. The van der Waals surface area contributed by atoms with Gasteiger partial charge in [-0.05, 0) is 21.0 Å². The molecule has 0 spiro atoms. The highest BCUT2D eigenvalue weighted by Crippen LogP contribution is 2.26. The standard InChI is InChI=1S/C13H19N5O2/c1-8(7-17(2)3)16-11-9-6-15-18(4)12(9)14-5-10(11)13(19)20/h5-6,8H,7H2,1-4H3,(H,14,16)(H,19,20). The maximum Gasteiger partial charge on any atom is 0.339 e. The molecule has 0 aliphatic heterocycles. The molecule has 2 aromatic heterocycles. The van der Waals surface area contributed by atoms with Crippen LogP contribution in [0.5, 0.6) is 0 Å². The molecule has 2 aromatic rings. The van der Waals surface area contributed by atoms with Crippen molar-refractivity contribution < 1.29 is 9.90 Å². The van der Waals surface area contributed by atoms with E-state index in [4.69, 9.17) is 0 Å². The molecule has 1 unspecified atom stereocenters. The molecule has 7 heteroatoms. The third-order valence-electron chi connectivity index (χ3n) is 3.02. The van der Waals surface area contributed by atoms with Crippen LogP contribution in [0.15, 0.2) is 12.4 Å². The fourth-order valence-electron chi connectivity index (χ4n) is 2.25. The molecule has 0 amide bonds. The van der Waals surface area contributed by atoms with E-state index in [1.807, 2.05) is 25.9 Å². The fourth-order valence-corrected chi connectivity index (χ4v) is 2.25. The van der Waals surface area contributed by atoms with Gasteiger partial charge in [0, 0.05) is 25.8 Å². The number of aromatic nitrogens is 3. The second-order valence-corrected chi connectivity index (χ2v) is 5.17. The van der Waals surface area contributed by atoms with Crippen LogP contribution in [0.25, 0.3) is 11.0 Å². The van der Waals surface area contributed by atoms with Crippen molar-refractivity contribution in [2.24, 2.45) is 7.05 Å². The summed E-state index contributed by atoms with van der Waals surface area (Å²) in [5.41, 5.74) is 1.40. The Kier molecular flexibility index (Phi) is 3.89. The molecule has 7 nitrogen and oxygen atoms in total. The largest absolute Gasteiger partial charge is 0.478 e. The number of nitrogens with one attached hydrogen (secondary N) is 1. The van der Waals surface area contributed by atoms with Gasteiger partial charge in [0.15, 0.2) is 5.65 Å². The first-order valence-corrected chi connectivity index (χ1v) is 6.35. The van der Waals surface area contributed by atoms with Crippen LogP contribution < -0.4 is 5.32 Å². The van der Waals surface area contributed by atoms with Crippen molar-refractivity contribution in [3.8, 4) is 0 Å². The van der Waals surface area contributed by atoms with Crippen molar-refractivity contribution in [2.75, 3.05) is 26.0 Å². The number of aryl methyl sites for hydroxylation is 1. The molecule has 0 bridgehead atoms. The maximum absolute atomic E-state index is 11.4. The van der Waals surface area contributed by atoms with Crippen LogP contribution in [0.3, 0.4) is 0 Å². The third kappa shape index (κ3) is 2.72. The van der Waals surface area contributed by atoms with E-state index >= 15 is 0 Å². The van der Waals surface area contributed by atoms with Gasteiger partial charge in [0.2, 0.25) is 0 Å². The molecule has 2 N–H and O–H groups in total. The van der Waals surface area contributed by atoms with Gasteiger partial charge in [-0.1, -0.05) is 0 Å². The van der Waals surface area contributed by atoms with Crippen molar-refractivity contribution in [1.29, 1.82) is 0 Å². The Labute approximate surface area is 117 Å². The maximum atomic E-state index is 11.4. The zero-order valence-electron chi connectivity index (χ0n) is 12.1. The van der Waals surface area contributed by atoms with Crippen LogP contribution in [-0.4, -0.2) is 57.4 Å². The Morgan fingerprint density at radius 3 is 2.80 bits per heavy atom. The highest BCUT2D eigenvalue weighted by Gasteiger charge is 2.18. The van der Waals surface area contributed by atoms with E-state index in [0.29, 0.717) is 11.3 Å². The van der Waals surface area contributed by atoms with Gasteiger partial charge in [-0.2, -0.15) is 5.10 Å². The van der Waals surface area contributed by atoms with Crippen molar-refractivity contribution in [2.45, 2.75) is 13.0 Å². The summed E-state index contributed by atoms with van der Waals surface area (Å²) in [4.78, 5) is 17.6. The molecule has 2 heterocycles. The van der Waals surface area contributed by atoms with Gasteiger partial charge in [-0.3, -0.25) is 4.68 Å². The van der Waals surface area contributed by atoms with Crippen LogP contribution in [0.4, 0.5) is 5.69 Å². The molecule has 0 saturated heterocycles. The zero-order valence-corrected chi connectivity index (χ0v) is 12.1. The van der Waals surface area contributed by atoms with Crippen molar-refractivity contribution in [3.63, 3.8) is 0 Å². The van der Waals surface area contributed by atoms with E-state index < -0.39 is 5.97 Å². The summed E-state index contributed by atoms with van der Waals surface area (Å²) < 4.78 is 1.63. The molecule has 0 saturated carbocycles. The molecule has 0 aliphatic rings. The number of carbonyl (C=O) groups is 1. The predicted octanol–water partition coefficient (Wildman–Crippen LogP) is 1.03. The van der Waals surface area contributed by atoms with Crippen molar-refractivity contribution in [3.05, 3.63) is 18.0 Å². The van der Waals surface area contributed by atoms with E-state index in [2.05, 4.69) is 15.4 Å². The smallest absolute Gasteiger partial charge is 0.339 e. The molecular weight excluding hydrogens is 258 g/mol. The Morgan fingerprint density at radius 1 is 1.50 bits per heavy atom. The minimum Gasteiger partial charge on any atom is -0.478 e. The van der Waals surface area contributed by atoms with Gasteiger partial charge >= 0.3 is 5.97 Å². The summed E-state index contributed by atoms with van der Waals surface area (Å²) in [6.45, 7) is 2.80. The fraction of sp³-hybridized carbons (Fsp3) is 0.462. The third-order valence-corrected chi connectivity index (χ3v) is 3.02. The Hall–Kier alpha value is -2.15. The van der Waals surface area contributed by atoms with Crippen LogP contribution >= 0.6 is 0 Å². The van der Waals surface area contributed by atoms with Crippen molar-refractivity contribution >= 4 is 22.7 Å². The summed E-state index contributed by atoms with van der Waals surface area (Å²) in [5.74, 6) is -0.997. The summed E-state index contributed by atoms with van der Waals surface area (Å²) in [6.07, 6.45) is 3.01. The Balaban J connectivity index is 2.47. The van der Waals surface area contributed by atoms with Gasteiger partial charge < -0.3 is 15.3 Å². The number of hydrogen-bond acceptors (Lipinski definition) is 5. The monoisotopic (exact) mass is 277 g/mol. The Bertz CT molecular complexity index is 635. The number of hydrogen-bond donors (Lipinski definition) is 2. The highest BCUT2D eigenvalue weighted by molar-refractivity contribution is 6.03. The predicted molar refractivity (Wildman–Crippen MR) is 77.1 cm³/mol. The summed E-state index contributed by atoms with van der Waals surface area (Å²) in [6, 6.07) is 0.105. The first-order chi connectivity index (χ1) is 9.40. The summed E-state index contributed by atoms with van der Waals surface area (Å²) in [7, 11) is 5.73. The lowest BCUT2D eigenvalue weighted by Crippen LogP contribution is -2.30. The lowest BCUT2D eigenvalue weighted by molar-refractivity contribution is 0.0697. The quantitative estimate of drug-likeness (QED) is 0.849. The topological polar surface area (TPSA) is 83.3 Å². The lowest BCUT2D eigenvalue weighted by atomic mass is 10.1. The van der Waals surface area contributed by atoms with E-state index in [-0.39, 0.29) is 11.6 Å². The molecule has 1 atom stereocenters. The molecule has 0 aromatic carbocycles. The number of fused-ring (bicyclic) bond motifs is 1. The van der Waals surface area contributed by atoms with Crippen molar-refractivity contribution in [1.82, 2.24) is 19.7 Å². The summed E-state index contributed by atoms with van der Waals surface area (Å²) >= 11 is 0. The molecule has 108 valence electrons. The van der Waals surface area contributed by atoms with Gasteiger partial charge in [0.25, 0.3) is 0 Å². The summed E-state index contributed by atoms with van der Waals surface area (Å²) in [5, 5.41) is 17.4. The van der Waals surface area contributed by atoms with E-state index in [9.17, 15) is 9.90 Å². The first kappa shape index (κ1) is 14.3. The first-order valence-electron chi connectivity index (χ1n) is 6.35. The van der Waals surface area contributed by atoms with Gasteiger partial charge in [-0.25, -0.2) is 9.78 Å². The average molecular weight is 277 g/mol. The molecule has 20 heavy (non-hydrogen) atoms. The van der Waals surface area contributed by atoms with Gasteiger partial charge in [-0.15, -0.1) is 0 Å². The Morgan fingerprint density at radius 2 is 2.20 bits per heavy atom. The van der Waals surface area contributed by atoms with Gasteiger partial charge in [0.1, 0.15) is 5.56 Å². The van der Waals surface area contributed by atoms with Crippen LogP contribution in [-0.2, 0) is 7.05 Å². The normalized spacial score (nSPS) is 12.8. The average Bonchev–Trinajstić information content (AvgIpc) is 2.70. The number of carboxylic acids is 1. The van der Waals surface area contributed by atoms with Crippen LogP contribution in [0.2, 0.25) is 0 Å². The minimum absolute atomic E-state index is 0.105. The zero-order chi connectivity index (χ0) is 14.9. The van der Waals surface area contributed by atoms with Gasteiger partial charge in [0.05, 0.1) is 17.3 Å². The van der Waals surface area contributed by atoms with Crippen LogP contribution in [0, 0.1) is 0 Å². The molecule has 2 rings (SSSR count). The van der Waals surface area contributed by atoms with Crippen LogP contribution in [0.1, 0.15) is 17.3 Å². The second-order valence-electron chi connectivity index (χ2n) is 5.17. The molecular formula is C13H19N5O2. The minimum atomic E-state index is -0.997. The molecule has 0 radical (unpaired) electrons. The number of nitrogens with zero attached hydrogens (tertiary/aromatic N) is 4. The van der Waals surface area contributed by atoms with E-state index in [1.54, 1.807) is 17.9 Å². The number of likely N-dealkylation sites (N-methyl/N-ethyl adjacent to an activating group) is 1.